The molecule has 3 rings (SSSR count). The maximum Gasteiger partial charge on any atom is 0.228 e. The van der Waals surface area contributed by atoms with E-state index in [2.05, 4.69) is 10.3 Å². The number of nitrogens with one attached hydrogen (secondary N) is 1. The zero-order valence-corrected chi connectivity index (χ0v) is 13.0. The normalized spacial score (nSPS) is 14.8. The molecule has 1 aromatic heterocycles. The minimum absolute atomic E-state index is 0.140. The van der Waals surface area contributed by atoms with Gasteiger partial charge in [-0.25, -0.2) is 9.37 Å². The van der Waals surface area contributed by atoms with Crippen molar-refractivity contribution in [3.8, 4) is 0 Å². The Labute approximate surface area is 135 Å². The first kappa shape index (κ1) is 15.5. The van der Waals surface area contributed by atoms with Gasteiger partial charge in [0.1, 0.15) is 17.5 Å². The Hall–Kier alpha value is -2.43. The number of benzene rings is 1. The van der Waals surface area contributed by atoms with E-state index in [9.17, 15) is 9.18 Å². The lowest BCUT2D eigenvalue weighted by Crippen LogP contribution is -2.35. The molecule has 1 aromatic carbocycles. The largest absolute Gasteiger partial charge is 0.370 e. The average Bonchev–Trinajstić information content (AvgIpc) is 2.56. The Balaban J connectivity index is 1.60. The number of piperidine rings is 1. The highest BCUT2D eigenvalue weighted by atomic mass is 19.1. The van der Waals surface area contributed by atoms with Crippen LogP contribution >= 0.6 is 0 Å². The smallest absolute Gasteiger partial charge is 0.228 e. The number of halogens is 1. The number of anilines is 2. The molecule has 1 aliphatic heterocycles. The standard InChI is InChI=1S/C18H20FN3O/c19-15-6-3-5-14(13-15)10-11-20-16-7-4-8-17(21-16)22-12-2-1-9-18(22)23/h3-8,13H,1-2,9-12H2,(H,20,21). The molecule has 0 aliphatic carbocycles. The maximum absolute atomic E-state index is 13.1. The van der Waals surface area contributed by atoms with Crippen LogP contribution in [0.4, 0.5) is 16.0 Å². The van der Waals surface area contributed by atoms with Crippen molar-refractivity contribution in [2.24, 2.45) is 0 Å². The summed E-state index contributed by atoms with van der Waals surface area (Å²) < 4.78 is 13.1. The molecule has 1 amide bonds. The molecule has 2 aromatic rings. The number of hydrogen-bond acceptors (Lipinski definition) is 3. The molecule has 0 unspecified atom stereocenters. The maximum atomic E-state index is 13.1. The highest BCUT2D eigenvalue weighted by Crippen LogP contribution is 2.20. The second-order valence-corrected chi connectivity index (χ2v) is 5.69. The van der Waals surface area contributed by atoms with Crippen molar-refractivity contribution in [2.75, 3.05) is 23.3 Å². The van der Waals surface area contributed by atoms with E-state index in [0.717, 1.165) is 30.8 Å². The van der Waals surface area contributed by atoms with E-state index in [1.54, 1.807) is 11.0 Å². The van der Waals surface area contributed by atoms with Crippen molar-refractivity contribution >= 4 is 17.5 Å². The van der Waals surface area contributed by atoms with Crippen LogP contribution in [-0.4, -0.2) is 24.0 Å². The zero-order chi connectivity index (χ0) is 16.1. The van der Waals surface area contributed by atoms with Crippen LogP contribution in [0.25, 0.3) is 0 Å². The summed E-state index contributed by atoms with van der Waals surface area (Å²) in [5, 5.41) is 3.24. The van der Waals surface area contributed by atoms with E-state index in [4.69, 9.17) is 0 Å². The molecule has 1 N–H and O–H groups in total. The third kappa shape index (κ3) is 4.06. The van der Waals surface area contributed by atoms with Gasteiger partial charge in [0.05, 0.1) is 0 Å². The van der Waals surface area contributed by atoms with E-state index >= 15 is 0 Å². The van der Waals surface area contributed by atoms with Crippen LogP contribution in [0.2, 0.25) is 0 Å². The topological polar surface area (TPSA) is 45.2 Å². The molecule has 1 fully saturated rings. The van der Waals surface area contributed by atoms with Gasteiger partial charge in [0.25, 0.3) is 0 Å². The van der Waals surface area contributed by atoms with Gasteiger partial charge < -0.3 is 5.32 Å². The summed E-state index contributed by atoms with van der Waals surface area (Å²) in [6, 6.07) is 12.2. The Morgan fingerprint density at radius 3 is 2.87 bits per heavy atom. The van der Waals surface area contributed by atoms with Crippen LogP contribution in [0.1, 0.15) is 24.8 Å². The monoisotopic (exact) mass is 313 g/mol. The first-order valence-electron chi connectivity index (χ1n) is 7.98. The van der Waals surface area contributed by atoms with Crippen LogP contribution in [-0.2, 0) is 11.2 Å². The quantitative estimate of drug-likeness (QED) is 0.920. The van der Waals surface area contributed by atoms with Crippen molar-refractivity contribution in [3.05, 3.63) is 53.8 Å². The Morgan fingerprint density at radius 2 is 2.04 bits per heavy atom. The SMILES string of the molecule is O=C1CCCCN1c1cccc(NCCc2cccc(F)c2)n1. The molecule has 2 heterocycles. The van der Waals surface area contributed by atoms with Crippen LogP contribution < -0.4 is 10.2 Å². The second kappa shape index (κ2) is 7.22. The molecule has 0 atom stereocenters. The van der Waals surface area contributed by atoms with E-state index in [-0.39, 0.29) is 11.7 Å². The lowest BCUT2D eigenvalue weighted by atomic mass is 10.1. The molecule has 0 saturated carbocycles. The third-order valence-corrected chi connectivity index (χ3v) is 3.94. The Morgan fingerprint density at radius 1 is 1.17 bits per heavy atom. The van der Waals surface area contributed by atoms with Crippen LogP contribution in [0, 0.1) is 5.82 Å². The average molecular weight is 313 g/mol. The van der Waals surface area contributed by atoms with Gasteiger partial charge in [-0.1, -0.05) is 18.2 Å². The van der Waals surface area contributed by atoms with Gasteiger partial charge in [0.15, 0.2) is 0 Å². The van der Waals surface area contributed by atoms with Gasteiger partial charge in [-0.3, -0.25) is 9.69 Å². The zero-order valence-electron chi connectivity index (χ0n) is 13.0. The third-order valence-electron chi connectivity index (χ3n) is 3.94. The minimum Gasteiger partial charge on any atom is -0.370 e. The highest BCUT2D eigenvalue weighted by molar-refractivity contribution is 5.93. The molecule has 0 bridgehead atoms. The summed E-state index contributed by atoms with van der Waals surface area (Å²) >= 11 is 0. The van der Waals surface area contributed by atoms with Gasteiger partial charge in [0.2, 0.25) is 5.91 Å². The van der Waals surface area contributed by atoms with E-state index in [0.29, 0.717) is 25.2 Å². The number of pyridine rings is 1. The number of aromatic nitrogens is 1. The Kier molecular flexibility index (Phi) is 4.86. The number of carbonyl (C=O) groups is 1. The summed E-state index contributed by atoms with van der Waals surface area (Å²) in [6.07, 6.45) is 3.29. The predicted octanol–water partition coefficient (Wildman–Crippen LogP) is 3.39. The summed E-state index contributed by atoms with van der Waals surface area (Å²) in [5.74, 6) is 1.36. The number of rotatable bonds is 5. The number of hydrogen-bond donors (Lipinski definition) is 1. The number of amides is 1. The molecule has 23 heavy (non-hydrogen) atoms. The fraction of sp³-hybridized carbons (Fsp3) is 0.333. The molecule has 4 nitrogen and oxygen atoms in total. The van der Waals surface area contributed by atoms with Gasteiger partial charge >= 0.3 is 0 Å². The molecule has 1 saturated heterocycles. The molecule has 5 heteroatoms. The van der Waals surface area contributed by atoms with Crippen LogP contribution in [0.15, 0.2) is 42.5 Å². The van der Waals surface area contributed by atoms with Gasteiger partial charge in [-0.05, 0) is 49.1 Å². The minimum atomic E-state index is -0.216. The first-order chi connectivity index (χ1) is 11.2. The van der Waals surface area contributed by atoms with E-state index < -0.39 is 0 Å². The van der Waals surface area contributed by atoms with Crippen molar-refractivity contribution < 1.29 is 9.18 Å². The lowest BCUT2D eigenvalue weighted by Gasteiger charge is -2.26. The molecular weight excluding hydrogens is 293 g/mol. The summed E-state index contributed by atoms with van der Waals surface area (Å²) in [4.78, 5) is 18.2. The lowest BCUT2D eigenvalue weighted by molar-refractivity contribution is -0.119. The van der Waals surface area contributed by atoms with E-state index in [1.165, 1.54) is 12.1 Å². The Bertz CT molecular complexity index is 689. The summed E-state index contributed by atoms with van der Waals surface area (Å²) in [7, 11) is 0. The highest BCUT2D eigenvalue weighted by Gasteiger charge is 2.20. The van der Waals surface area contributed by atoms with E-state index in [1.807, 2.05) is 24.3 Å². The predicted molar refractivity (Wildman–Crippen MR) is 89.0 cm³/mol. The van der Waals surface area contributed by atoms with Crippen molar-refractivity contribution in [1.82, 2.24) is 4.98 Å². The number of nitrogens with zero attached hydrogens (tertiary/aromatic N) is 2. The first-order valence-corrected chi connectivity index (χ1v) is 7.98. The van der Waals surface area contributed by atoms with Crippen molar-refractivity contribution in [1.29, 1.82) is 0 Å². The second-order valence-electron chi connectivity index (χ2n) is 5.69. The van der Waals surface area contributed by atoms with Crippen LogP contribution in [0.3, 0.4) is 0 Å². The van der Waals surface area contributed by atoms with Crippen LogP contribution in [0.5, 0.6) is 0 Å². The fourth-order valence-electron chi connectivity index (χ4n) is 2.75. The summed E-state index contributed by atoms with van der Waals surface area (Å²) in [6.45, 7) is 1.40. The molecule has 120 valence electrons. The van der Waals surface area contributed by atoms with Gasteiger partial charge in [0, 0.05) is 19.5 Å². The molecule has 0 radical (unpaired) electrons. The number of carbonyl (C=O) groups excluding carboxylic acids is 1. The van der Waals surface area contributed by atoms with Gasteiger partial charge in [-0.2, -0.15) is 0 Å². The fourth-order valence-corrected chi connectivity index (χ4v) is 2.75. The molecule has 1 aliphatic rings. The summed E-state index contributed by atoms with van der Waals surface area (Å²) in [5.41, 5.74) is 0.944. The van der Waals surface area contributed by atoms with Crippen molar-refractivity contribution in [2.45, 2.75) is 25.7 Å². The van der Waals surface area contributed by atoms with Crippen molar-refractivity contribution in [3.63, 3.8) is 0 Å². The molecule has 0 spiro atoms. The van der Waals surface area contributed by atoms with Gasteiger partial charge in [-0.15, -0.1) is 0 Å². The molecular formula is C18H20FN3O.